The minimum atomic E-state index is -0.375. The predicted octanol–water partition coefficient (Wildman–Crippen LogP) is 5.53. The molecule has 0 saturated carbocycles. The average molecular weight is 557 g/mol. The number of thioether (sulfide) groups is 1. The molecule has 0 aliphatic heterocycles. The van der Waals surface area contributed by atoms with Gasteiger partial charge in [-0.05, 0) is 55.7 Å². The van der Waals surface area contributed by atoms with E-state index in [-0.39, 0.29) is 23.6 Å². The van der Waals surface area contributed by atoms with Gasteiger partial charge in [-0.15, -0.1) is 21.5 Å². The summed E-state index contributed by atoms with van der Waals surface area (Å²) in [6.07, 6.45) is 4.71. The maximum Gasteiger partial charge on any atom is 0.253 e. The van der Waals surface area contributed by atoms with Crippen LogP contribution in [0, 0.1) is 17.2 Å². The molecule has 8 nitrogen and oxygen atoms in total. The van der Waals surface area contributed by atoms with E-state index in [2.05, 4.69) is 40.7 Å². The van der Waals surface area contributed by atoms with Crippen LogP contribution >= 0.6 is 34.7 Å². The number of nitrogens with zero attached hydrogens (tertiary/aromatic N) is 4. The smallest absolute Gasteiger partial charge is 0.253 e. The average Bonchev–Trinajstić information content (AvgIpc) is 3.41. The number of amides is 2. The first kappa shape index (κ1) is 27.2. The maximum absolute atomic E-state index is 12.9. The van der Waals surface area contributed by atoms with E-state index in [1.165, 1.54) is 28.0 Å². The molecule has 0 bridgehead atoms. The van der Waals surface area contributed by atoms with Crippen LogP contribution in [0.5, 0.6) is 0 Å². The molecule has 3 aromatic rings. The van der Waals surface area contributed by atoms with Gasteiger partial charge in [0.1, 0.15) is 11.1 Å². The van der Waals surface area contributed by atoms with Crippen LogP contribution in [0.1, 0.15) is 71.3 Å². The number of fused-ring (bicyclic) bond motifs is 1. The SMILES string of the molecule is CC(C)C[C@H](NC(=O)c1ccccc1Cl)c1nnc(SCC(=O)Nc2sc3c(c2C#N)CCCC3)n1C. The van der Waals surface area contributed by atoms with Gasteiger partial charge in [-0.2, -0.15) is 5.26 Å². The second-order valence-electron chi connectivity index (χ2n) is 9.40. The Kier molecular flexibility index (Phi) is 8.90. The highest BCUT2D eigenvalue weighted by Crippen LogP contribution is 2.37. The lowest BCUT2D eigenvalue weighted by Gasteiger charge is -2.20. The highest BCUT2D eigenvalue weighted by molar-refractivity contribution is 7.99. The van der Waals surface area contributed by atoms with Gasteiger partial charge in [0.25, 0.3) is 5.91 Å². The summed E-state index contributed by atoms with van der Waals surface area (Å²) in [6.45, 7) is 4.14. The number of aryl methyl sites for hydroxylation is 1. The van der Waals surface area contributed by atoms with Gasteiger partial charge in [-0.3, -0.25) is 9.59 Å². The van der Waals surface area contributed by atoms with Crippen LogP contribution in [0.3, 0.4) is 0 Å². The number of halogens is 1. The fourth-order valence-corrected chi connectivity index (χ4v) is 6.60. The number of aromatic nitrogens is 3. The van der Waals surface area contributed by atoms with E-state index in [1.54, 1.807) is 24.3 Å². The van der Waals surface area contributed by atoms with Gasteiger partial charge in [0.15, 0.2) is 11.0 Å². The van der Waals surface area contributed by atoms with Crippen molar-refractivity contribution in [1.82, 2.24) is 20.1 Å². The van der Waals surface area contributed by atoms with Gasteiger partial charge in [-0.25, -0.2) is 0 Å². The van der Waals surface area contributed by atoms with E-state index in [1.807, 2.05) is 11.6 Å². The number of anilines is 1. The molecule has 1 aromatic carbocycles. The summed E-state index contributed by atoms with van der Waals surface area (Å²) in [5, 5.41) is 25.8. The summed E-state index contributed by atoms with van der Waals surface area (Å²) in [5.41, 5.74) is 2.10. The lowest BCUT2D eigenvalue weighted by molar-refractivity contribution is -0.113. The van der Waals surface area contributed by atoms with Crippen LogP contribution in [0.4, 0.5) is 5.00 Å². The van der Waals surface area contributed by atoms with Crippen LogP contribution in [0.15, 0.2) is 29.4 Å². The lowest BCUT2D eigenvalue weighted by Crippen LogP contribution is -2.31. The van der Waals surface area contributed by atoms with E-state index in [0.717, 1.165) is 31.2 Å². The van der Waals surface area contributed by atoms with Crippen molar-refractivity contribution in [3.63, 3.8) is 0 Å². The molecule has 0 radical (unpaired) electrons. The number of carbonyl (C=O) groups excluding carboxylic acids is 2. The van der Waals surface area contributed by atoms with E-state index in [4.69, 9.17) is 11.6 Å². The first-order chi connectivity index (χ1) is 17.8. The number of benzene rings is 1. The van der Waals surface area contributed by atoms with E-state index in [0.29, 0.717) is 44.5 Å². The number of thiophene rings is 1. The molecular weight excluding hydrogens is 528 g/mol. The molecule has 2 heterocycles. The molecule has 2 amide bonds. The van der Waals surface area contributed by atoms with Gasteiger partial charge in [0.05, 0.1) is 27.9 Å². The van der Waals surface area contributed by atoms with E-state index in [9.17, 15) is 14.9 Å². The Hall–Kier alpha value is -2.87. The Morgan fingerprint density at radius 3 is 2.73 bits per heavy atom. The third-order valence-corrected chi connectivity index (χ3v) is 8.74. The zero-order valence-corrected chi connectivity index (χ0v) is 23.4. The second kappa shape index (κ2) is 12.1. The normalized spacial score (nSPS) is 13.6. The summed E-state index contributed by atoms with van der Waals surface area (Å²) in [6, 6.07) is 8.81. The fraction of sp³-hybridized carbons (Fsp3) is 0.423. The summed E-state index contributed by atoms with van der Waals surface area (Å²) in [4.78, 5) is 26.9. The van der Waals surface area contributed by atoms with Crippen molar-refractivity contribution in [2.24, 2.45) is 13.0 Å². The van der Waals surface area contributed by atoms with Crippen molar-refractivity contribution < 1.29 is 9.59 Å². The number of rotatable bonds is 9. The minimum absolute atomic E-state index is 0.125. The standard InChI is InChI=1S/C26H29ClN6O2S2/c1-15(2)12-20(29-24(35)17-9-4-6-10-19(17)27)23-31-32-26(33(23)3)36-14-22(34)30-25-18(13-28)16-8-5-7-11-21(16)37-25/h4,6,9-10,15,20H,5,7-8,11-12,14H2,1-3H3,(H,29,35)(H,30,34)/t20-/m0/s1. The largest absolute Gasteiger partial charge is 0.342 e. The van der Waals surface area contributed by atoms with Crippen molar-refractivity contribution in [3.05, 3.63) is 56.7 Å². The first-order valence-corrected chi connectivity index (χ1v) is 14.4. The molecule has 194 valence electrons. The Morgan fingerprint density at radius 1 is 1.24 bits per heavy atom. The Morgan fingerprint density at radius 2 is 2.00 bits per heavy atom. The molecule has 4 rings (SSSR count). The molecule has 1 aliphatic rings. The maximum atomic E-state index is 12.9. The van der Waals surface area contributed by atoms with Crippen LogP contribution in [-0.2, 0) is 24.7 Å². The van der Waals surface area contributed by atoms with Crippen LogP contribution in [-0.4, -0.2) is 32.3 Å². The number of carbonyl (C=O) groups is 2. The second-order valence-corrected chi connectivity index (χ2v) is 11.9. The lowest BCUT2D eigenvalue weighted by atomic mass is 9.96. The molecule has 0 saturated heterocycles. The number of hydrogen-bond acceptors (Lipinski definition) is 7. The number of nitriles is 1. The summed E-state index contributed by atoms with van der Waals surface area (Å²) in [5.74, 6) is 0.547. The van der Waals surface area contributed by atoms with E-state index >= 15 is 0 Å². The van der Waals surface area contributed by atoms with Crippen molar-refractivity contribution in [2.45, 2.75) is 57.1 Å². The van der Waals surface area contributed by atoms with Crippen molar-refractivity contribution in [1.29, 1.82) is 5.26 Å². The van der Waals surface area contributed by atoms with Gasteiger partial charge in [0.2, 0.25) is 5.91 Å². The van der Waals surface area contributed by atoms with Crippen LogP contribution in [0.2, 0.25) is 5.02 Å². The van der Waals surface area contributed by atoms with E-state index < -0.39 is 0 Å². The van der Waals surface area contributed by atoms with Gasteiger partial charge >= 0.3 is 0 Å². The zero-order valence-electron chi connectivity index (χ0n) is 21.0. The fourth-order valence-electron chi connectivity index (χ4n) is 4.40. The first-order valence-electron chi connectivity index (χ1n) is 12.2. The molecule has 0 fully saturated rings. The number of nitrogens with one attached hydrogen (secondary N) is 2. The van der Waals surface area contributed by atoms with Crippen molar-refractivity contribution >= 4 is 51.5 Å². The van der Waals surface area contributed by atoms with Gasteiger partial charge in [-0.1, -0.05) is 49.3 Å². The Labute approximate surface area is 229 Å². The summed E-state index contributed by atoms with van der Waals surface area (Å²) >= 11 is 8.99. The molecule has 2 N–H and O–H groups in total. The van der Waals surface area contributed by atoms with Crippen LogP contribution < -0.4 is 10.6 Å². The highest BCUT2D eigenvalue weighted by Gasteiger charge is 2.25. The molecule has 1 aliphatic carbocycles. The summed E-state index contributed by atoms with van der Waals surface area (Å²) in [7, 11) is 1.83. The zero-order chi connectivity index (χ0) is 26.5. The quantitative estimate of drug-likeness (QED) is 0.335. The molecule has 37 heavy (non-hydrogen) atoms. The van der Waals surface area contributed by atoms with Crippen molar-refractivity contribution in [2.75, 3.05) is 11.1 Å². The van der Waals surface area contributed by atoms with Gasteiger partial charge in [0, 0.05) is 11.9 Å². The van der Waals surface area contributed by atoms with Crippen LogP contribution in [0.25, 0.3) is 0 Å². The number of hydrogen-bond donors (Lipinski definition) is 2. The predicted molar refractivity (Wildman–Crippen MR) is 147 cm³/mol. The molecule has 0 unspecified atom stereocenters. The molecule has 0 spiro atoms. The van der Waals surface area contributed by atoms with Crippen molar-refractivity contribution in [3.8, 4) is 6.07 Å². The minimum Gasteiger partial charge on any atom is -0.342 e. The monoisotopic (exact) mass is 556 g/mol. The topological polar surface area (TPSA) is 113 Å². The van der Waals surface area contributed by atoms with Gasteiger partial charge < -0.3 is 15.2 Å². The highest BCUT2D eigenvalue weighted by atomic mass is 35.5. The Bertz CT molecular complexity index is 1340. The molecule has 11 heteroatoms. The molecular formula is C26H29ClN6O2S2. The Balaban J connectivity index is 1.43. The molecule has 2 aromatic heterocycles. The third kappa shape index (κ3) is 6.35. The third-order valence-electron chi connectivity index (χ3n) is 6.18. The molecule has 1 atom stereocenters. The summed E-state index contributed by atoms with van der Waals surface area (Å²) < 4.78 is 1.81.